The van der Waals surface area contributed by atoms with E-state index in [4.69, 9.17) is 14.2 Å². The lowest BCUT2D eigenvalue weighted by atomic mass is 9.61. The summed E-state index contributed by atoms with van der Waals surface area (Å²) < 4.78 is 17.9. The highest BCUT2D eigenvalue weighted by Crippen LogP contribution is 2.60. The van der Waals surface area contributed by atoms with Crippen LogP contribution in [0, 0.1) is 29.1 Å². The Hall–Kier alpha value is -3.36. The van der Waals surface area contributed by atoms with Gasteiger partial charge in [0.1, 0.15) is 5.60 Å². The zero-order valence-corrected chi connectivity index (χ0v) is 39.1. The molecule has 5 aliphatic rings. The largest absolute Gasteiger partial charge is 0.504 e. The number of carbonyl (C=O) groups excluding carboxylic acids is 1. The molecule has 7 rings (SSSR count). The van der Waals surface area contributed by atoms with E-state index in [-0.39, 0.29) is 51.6 Å². The molecule has 13 heteroatoms. The van der Waals surface area contributed by atoms with Gasteiger partial charge in [0.05, 0.1) is 18.7 Å². The summed E-state index contributed by atoms with van der Waals surface area (Å²) in [6.45, 7) is 2.82. The Labute approximate surface area is 377 Å². The Morgan fingerprint density at radius 2 is 1.84 bits per heavy atom. The van der Waals surface area contributed by atoms with Crippen LogP contribution in [-0.4, -0.2) is 84.9 Å². The minimum absolute atomic E-state index is 0.0386. The van der Waals surface area contributed by atoms with Gasteiger partial charge in [0, 0.05) is 43.2 Å². The molecule has 3 saturated carbocycles. The number of methoxy groups -OCH3 is 2. The molecule has 2 aromatic carbocycles. The van der Waals surface area contributed by atoms with Gasteiger partial charge in [-0.2, -0.15) is 0 Å². The highest BCUT2D eigenvalue weighted by Gasteiger charge is 2.57. The van der Waals surface area contributed by atoms with Crippen LogP contribution in [0.2, 0.25) is 0 Å². The van der Waals surface area contributed by atoms with Gasteiger partial charge in [0.2, 0.25) is 0 Å². The van der Waals surface area contributed by atoms with Crippen LogP contribution in [0.1, 0.15) is 108 Å². The SMILES string of the molecule is CCCCC[C@@H]1/C=C/C(=O)[C@@]2(Cc3ccc(O)c(OC)c3)[C@@H]3C=C[C@H](SSCNC(=NC)Nc4cc(cc(O[C@@]5(CNC)CC[C@H](C[C@H](O)OC)C5)c4O)C14CCCC4)[C@H]2CC3. The maximum absolute atomic E-state index is 15.5. The van der Waals surface area contributed by atoms with Crippen LogP contribution in [0.3, 0.4) is 0 Å². The highest BCUT2D eigenvalue weighted by molar-refractivity contribution is 8.77. The molecule has 3 fully saturated rings. The molecule has 6 N–H and O–H groups in total. The highest BCUT2D eigenvalue weighted by atomic mass is 33.1. The number of aromatic hydroxyl groups is 2. The molecule has 340 valence electrons. The number of allylic oxidation sites excluding steroid dienone is 3. The van der Waals surface area contributed by atoms with Crippen LogP contribution in [0.5, 0.6) is 23.0 Å². The number of benzene rings is 2. The smallest absolute Gasteiger partial charge is 0.196 e. The fourth-order valence-corrected chi connectivity index (χ4v) is 14.4. The normalized spacial score (nSPS) is 31.1. The van der Waals surface area contributed by atoms with Gasteiger partial charge < -0.3 is 45.5 Å². The van der Waals surface area contributed by atoms with Crippen molar-refractivity contribution in [2.24, 2.45) is 34.1 Å². The van der Waals surface area contributed by atoms with E-state index in [1.54, 1.807) is 41.8 Å². The molecule has 0 saturated heterocycles. The van der Waals surface area contributed by atoms with Crippen molar-refractivity contribution >= 4 is 39.0 Å². The number of hydrogen-bond acceptors (Lipinski definition) is 11. The molecule has 0 radical (unpaired) electrons. The van der Waals surface area contributed by atoms with Crippen LogP contribution in [0.4, 0.5) is 5.69 Å². The molecule has 0 unspecified atom stereocenters. The van der Waals surface area contributed by atoms with Gasteiger partial charge in [-0.15, -0.1) is 0 Å². The Morgan fingerprint density at radius 3 is 2.58 bits per heavy atom. The number of likely N-dealkylation sites (N-methyl/N-ethyl adjacent to an activating group) is 1. The number of aliphatic hydroxyl groups excluding tert-OH is 1. The second-order valence-electron chi connectivity index (χ2n) is 18.5. The van der Waals surface area contributed by atoms with Crippen molar-refractivity contribution in [1.82, 2.24) is 10.6 Å². The number of unbranched alkanes of at least 4 members (excludes halogenated alkanes) is 2. The second kappa shape index (κ2) is 20.6. The third-order valence-electron chi connectivity index (χ3n) is 15.0. The van der Waals surface area contributed by atoms with Crippen molar-refractivity contribution in [3.05, 3.63) is 65.8 Å². The van der Waals surface area contributed by atoms with E-state index in [0.717, 1.165) is 88.2 Å². The molecule has 4 aliphatic carbocycles. The first-order valence-electron chi connectivity index (χ1n) is 23.0. The van der Waals surface area contributed by atoms with Crippen molar-refractivity contribution in [2.45, 2.75) is 126 Å². The molecule has 62 heavy (non-hydrogen) atoms. The van der Waals surface area contributed by atoms with Crippen LogP contribution >= 0.6 is 21.6 Å². The van der Waals surface area contributed by atoms with Crippen molar-refractivity contribution < 1.29 is 34.3 Å². The molecule has 1 heterocycles. The maximum Gasteiger partial charge on any atom is 0.196 e. The van der Waals surface area contributed by atoms with Gasteiger partial charge in [-0.05, 0) is 130 Å². The molecule has 11 nitrogen and oxygen atoms in total. The van der Waals surface area contributed by atoms with Gasteiger partial charge in [-0.25, -0.2) is 0 Å². The number of fused-ring (bicyclic) bond motifs is 3. The van der Waals surface area contributed by atoms with Crippen molar-refractivity contribution in [3.63, 3.8) is 0 Å². The van der Waals surface area contributed by atoms with E-state index in [0.29, 0.717) is 54.8 Å². The van der Waals surface area contributed by atoms with Crippen molar-refractivity contribution in [3.8, 4) is 23.0 Å². The maximum atomic E-state index is 15.5. The fraction of sp³-hybridized carbons (Fsp3) is 0.633. The molecule has 1 aliphatic heterocycles. The van der Waals surface area contributed by atoms with E-state index in [1.807, 2.05) is 25.3 Å². The number of anilines is 1. The first kappa shape index (κ1) is 46.6. The molecular formula is C49H70N4O7S2. The predicted octanol–water partition coefficient (Wildman–Crippen LogP) is 9.27. The number of guanidine groups is 1. The predicted molar refractivity (Wildman–Crippen MR) is 252 cm³/mol. The number of ether oxygens (including phenoxy) is 3. The Balaban J connectivity index is 1.34. The number of carbonyl (C=O) groups is 1. The number of nitrogens with one attached hydrogen (secondary N) is 3. The fourth-order valence-electron chi connectivity index (χ4n) is 11.9. The lowest BCUT2D eigenvalue weighted by Gasteiger charge is -2.43. The van der Waals surface area contributed by atoms with Gasteiger partial charge >= 0.3 is 0 Å². The number of ketones is 1. The molecule has 0 aromatic heterocycles. The zero-order chi connectivity index (χ0) is 43.9. The summed E-state index contributed by atoms with van der Waals surface area (Å²) in [5, 5.41) is 43.6. The Bertz CT molecular complexity index is 1950. The summed E-state index contributed by atoms with van der Waals surface area (Å²) in [6, 6.07) is 9.74. The number of aliphatic imine (C=N–C) groups is 1. The van der Waals surface area contributed by atoms with Gasteiger partial charge in [-0.3, -0.25) is 9.79 Å². The van der Waals surface area contributed by atoms with Crippen molar-refractivity contribution in [1.29, 1.82) is 0 Å². The number of phenolic OH excluding ortho intramolecular Hbond substituents is 2. The summed E-state index contributed by atoms with van der Waals surface area (Å²) in [5.74, 6) is 2.78. The molecule has 1 spiro atoms. The number of aliphatic hydroxyl groups is 1. The minimum atomic E-state index is -0.831. The summed E-state index contributed by atoms with van der Waals surface area (Å²) in [7, 11) is 10.3. The third-order valence-corrected chi connectivity index (χ3v) is 17.5. The van der Waals surface area contributed by atoms with E-state index in [1.165, 1.54) is 7.11 Å². The number of phenols is 2. The number of nitrogens with zero attached hydrogens (tertiary/aromatic N) is 1. The van der Waals surface area contributed by atoms with Gasteiger partial charge in [-0.1, -0.05) is 84.9 Å². The van der Waals surface area contributed by atoms with E-state index in [2.05, 4.69) is 58.2 Å². The van der Waals surface area contributed by atoms with E-state index in [9.17, 15) is 15.3 Å². The monoisotopic (exact) mass is 890 g/mol. The average Bonchev–Trinajstić information content (AvgIpc) is 3.97. The van der Waals surface area contributed by atoms with Gasteiger partial charge in [0.15, 0.2) is 41.0 Å². The summed E-state index contributed by atoms with van der Waals surface area (Å²) in [6.07, 6.45) is 21.7. The van der Waals surface area contributed by atoms with Crippen molar-refractivity contribution in [2.75, 3.05) is 46.1 Å². The molecule has 6 bridgehead atoms. The van der Waals surface area contributed by atoms with E-state index < -0.39 is 17.3 Å². The van der Waals surface area contributed by atoms with Crippen LogP contribution in [-0.2, 0) is 21.4 Å². The summed E-state index contributed by atoms with van der Waals surface area (Å²) >= 11 is 0. The first-order valence-corrected chi connectivity index (χ1v) is 25.4. The van der Waals surface area contributed by atoms with Crippen LogP contribution in [0.15, 0.2) is 59.6 Å². The second-order valence-corrected chi connectivity index (χ2v) is 21.1. The van der Waals surface area contributed by atoms with Crippen LogP contribution < -0.4 is 25.4 Å². The number of hydrogen-bond donors (Lipinski definition) is 6. The quantitative estimate of drug-likeness (QED) is 0.0353. The Kier molecular flexibility index (Phi) is 15.5. The number of rotatable bonds is 14. The molecule has 2 aromatic rings. The third kappa shape index (κ3) is 9.67. The lowest BCUT2D eigenvalue weighted by Crippen LogP contribution is -2.46. The zero-order valence-electron chi connectivity index (χ0n) is 37.4. The minimum Gasteiger partial charge on any atom is -0.504 e. The van der Waals surface area contributed by atoms with Gasteiger partial charge in [0.25, 0.3) is 0 Å². The lowest BCUT2D eigenvalue weighted by molar-refractivity contribution is -0.127. The van der Waals surface area contributed by atoms with E-state index >= 15 is 4.79 Å². The average molecular weight is 891 g/mol. The molecular weight excluding hydrogens is 821 g/mol. The molecule has 8 atom stereocenters. The standard InChI is InChI=1S/C49H70N4O7S2/c1-6-7-8-11-34-15-19-43(55)49(29-32-12-17-39(54)40(24-32)58-4)35-13-16-37(49)42(18-14-35)62-61-31-52-46(51-3)53-38-26-36(48(34)21-9-10-22-48)27-41(45(38)57)60-47(30-50-2)23-20-33(28-47)25-44(56)59-5/h12,14-15,17-19,24,26-27,33-35,37,42,44,50,54,56-57H,6-11,13,16,20-23,25,28-31H2,1-5H3,(H2,51,52,53)/b19-15+/t33-,34-,35+,37-,42+,44-,47+,49+/m1/s1. The molecule has 0 amide bonds. The topological polar surface area (TPSA) is 154 Å². The summed E-state index contributed by atoms with van der Waals surface area (Å²) in [5.41, 5.74) is 1.08. The van der Waals surface area contributed by atoms with Crippen LogP contribution in [0.25, 0.3) is 0 Å². The Morgan fingerprint density at radius 1 is 1.02 bits per heavy atom. The summed E-state index contributed by atoms with van der Waals surface area (Å²) in [4.78, 5) is 20.1. The first-order chi connectivity index (χ1) is 30.0.